The standard InChI is InChI=1S/C33H42N2O3.2C2H4O2.Co/c1-19(2)23-12-25(32(36)28(14-23)21(5)6)17-34-30-11-10-27(38-9)16-31(30)35-18-26-13-24(20(3)4)15-29(22(7)8)33(26)37;2*1-2(3)4;/h10-22,36-37H,1-9H3;2*1H3,(H,3,4);/q;;;+2/p-2. The Morgan fingerprint density at radius 2 is 1.02 bits per heavy atom. The Morgan fingerprint density at radius 3 is 1.34 bits per heavy atom. The van der Waals surface area contributed by atoms with E-state index in [1.54, 1.807) is 19.5 Å². The summed E-state index contributed by atoms with van der Waals surface area (Å²) in [5.41, 5.74) is 6.70. The Hall–Kier alpha value is -4.15. The zero-order valence-corrected chi connectivity index (χ0v) is 30.2. The molecule has 1 radical (unpaired) electrons. The molecule has 0 heterocycles. The second kappa shape index (κ2) is 20.2. The first-order valence-electron chi connectivity index (χ1n) is 15.2. The number of methoxy groups -OCH3 is 1. The third kappa shape index (κ3) is 14.0. The normalized spacial score (nSPS) is 11.0. The number of hydrogen-bond acceptors (Lipinski definition) is 9. The maximum atomic E-state index is 11.0. The van der Waals surface area contributed by atoms with E-state index in [-0.39, 0.29) is 40.1 Å². The van der Waals surface area contributed by atoms with E-state index in [2.05, 4.69) is 67.5 Å². The largest absolute Gasteiger partial charge is 2.00 e. The van der Waals surface area contributed by atoms with Gasteiger partial charge >= 0.3 is 16.8 Å². The molecule has 0 aliphatic heterocycles. The number of ether oxygens (including phenoxy) is 1. The van der Waals surface area contributed by atoms with Gasteiger partial charge in [0.2, 0.25) is 0 Å². The molecule has 0 aliphatic rings. The summed E-state index contributed by atoms with van der Waals surface area (Å²) >= 11 is 0. The quantitative estimate of drug-likeness (QED) is 0.239. The third-order valence-corrected chi connectivity index (χ3v) is 6.83. The van der Waals surface area contributed by atoms with Gasteiger partial charge in [-0.1, -0.05) is 67.5 Å². The molecule has 257 valence electrons. The minimum atomic E-state index is -1.08. The van der Waals surface area contributed by atoms with Crippen molar-refractivity contribution in [2.24, 2.45) is 9.98 Å². The monoisotopic (exact) mass is 691 g/mol. The first kappa shape index (κ1) is 42.8. The number of aliphatic imine (C=N–C) groups is 2. The Morgan fingerprint density at radius 1 is 0.660 bits per heavy atom. The molecule has 0 amide bonds. The smallest absolute Gasteiger partial charge is 0.550 e. The number of phenolic OH excluding ortho intramolecular Hbond substituents is 2. The van der Waals surface area contributed by atoms with Crippen LogP contribution in [0.1, 0.15) is 126 Å². The second-order valence-corrected chi connectivity index (χ2v) is 12.1. The van der Waals surface area contributed by atoms with E-state index in [0.717, 1.165) is 36.1 Å². The number of carboxylic acids is 2. The van der Waals surface area contributed by atoms with E-state index < -0.39 is 11.9 Å². The number of rotatable bonds is 9. The van der Waals surface area contributed by atoms with Crippen LogP contribution in [0.15, 0.2) is 52.4 Å². The van der Waals surface area contributed by atoms with Gasteiger partial charge in [0.15, 0.2) is 0 Å². The molecule has 10 heteroatoms. The Balaban J connectivity index is 0.00000211. The van der Waals surface area contributed by atoms with Crippen molar-refractivity contribution in [3.8, 4) is 17.2 Å². The number of aliphatic carboxylic acids is 2. The van der Waals surface area contributed by atoms with Crippen LogP contribution in [0.2, 0.25) is 0 Å². The molecule has 0 saturated heterocycles. The first-order valence-corrected chi connectivity index (χ1v) is 15.2. The summed E-state index contributed by atoms with van der Waals surface area (Å²) in [6.45, 7) is 18.8. The van der Waals surface area contributed by atoms with Gasteiger partial charge in [-0.25, -0.2) is 0 Å². The summed E-state index contributed by atoms with van der Waals surface area (Å²) in [5, 5.41) is 39.7. The summed E-state index contributed by atoms with van der Waals surface area (Å²) in [6.07, 6.45) is 3.39. The topological polar surface area (TPSA) is 155 Å². The van der Waals surface area contributed by atoms with Gasteiger partial charge in [0.25, 0.3) is 0 Å². The first-order chi connectivity index (χ1) is 21.4. The minimum Gasteiger partial charge on any atom is -0.550 e. The minimum absolute atomic E-state index is 0. The number of carbonyl (C=O) groups is 2. The molecule has 0 spiro atoms. The van der Waals surface area contributed by atoms with Crippen molar-refractivity contribution >= 4 is 35.7 Å². The molecule has 3 rings (SSSR count). The van der Waals surface area contributed by atoms with E-state index in [4.69, 9.17) is 34.5 Å². The zero-order chi connectivity index (χ0) is 35.3. The van der Waals surface area contributed by atoms with Crippen molar-refractivity contribution < 1.29 is 51.5 Å². The summed E-state index contributed by atoms with van der Waals surface area (Å²) in [6, 6.07) is 13.6. The van der Waals surface area contributed by atoms with Crippen molar-refractivity contribution in [3.63, 3.8) is 0 Å². The van der Waals surface area contributed by atoms with Gasteiger partial charge < -0.3 is 34.8 Å². The zero-order valence-electron chi connectivity index (χ0n) is 29.2. The predicted octanol–water partition coefficient (Wildman–Crippen LogP) is 6.61. The van der Waals surface area contributed by atoms with Crippen molar-refractivity contribution in [3.05, 3.63) is 75.8 Å². The molecule has 0 unspecified atom stereocenters. The molecule has 0 bridgehead atoms. The van der Waals surface area contributed by atoms with Crippen molar-refractivity contribution in [2.45, 2.75) is 92.9 Å². The van der Waals surface area contributed by atoms with Crippen LogP contribution < -0.4 is 14.9 Å². The van der Waals surface area contributed by atoms with Crippen LogP contribution in [-0.2, 0) is 26.4 Å². The summed E-state index contributed by atoms with van der Waals surface area (Å²) in [5.74, 6) is 0.00968. The van der Waals surface area contributed by atoms with Crippen molar-refractivity contribution in [2.75, 3.05) is 7.11 Å². The molecular weight excluding hydrogens is 643 g/mol. The SMILES string of the molecule is CC(=O)[O-].CC(=O)[O-].COc1ccc(N=Cc2cc(C(C)C)cc(C(C)C)c2O)c(N=Cc2cc(C(C)C)cc(C(C)C)c2O)c1.[Co+2]. The molecule has 0 atom stereocenters. The number of benzene rings is 3. The molecule has 3 aromatic rings. The van der Waals surface area contributed by atoms with Gasteiger partial charge in [-0.2, -0.15) is 0 Å². The molecule has 0 fully saturated rings. The molecule has 0 aliphatic carbocycles. The molecule has 0 aromatic heterocycles. The number of aromatic hydroxyl groups is 2. The van der Waals surface area contributed by atoms with Gasteiger partial charge in [-0.05, 0) is 84.0 Å². The summed E-state index contributed by atoms with van der Waals surface area (Å²) in [7, 11) is 1.61. The molecule has 2 N–H and O–H groups in total. The molecule has 0 saturated carbocycles. The predicted molar refractivity (Wildman–Crippen MR) is 181 cm³/mol. The van der Waals surface area contributed by atoms with Gasteiger partial charge in [-0.15, -0.1) is 0 Å². The van der Waals surface area contributed by atoms with E-state index in [1.165, 1.54) is 0 Å². The number of hydrogen-bond donors (Lipinski definition) is 2. The van der Waals surface area contributed by atoms with Crippen LogP contribution in [0.5, 0.6) is 17.2 Å². The van der Waals surface area contributed by atoms with E-state index in [1.807, 2.05) is 30.3 Å². The van der Waals surface area contributed by atoms with E-state index in [9.17, 15) is 10.2 Å². The fourth-order valence-corrected chi connectivity index (χ4v) is 4.27. The number of carbonyl (C=O) groups excluding carboxylic acids is 2. The van der Waals surface area contributed by atoms with Crippen LogP contribution in [0, 0.1) is 0 Å². The fourth-order valence-electron chi connectivity index (χ4n) is 4.27. The van der Waals surface area contributed by atoms with Crippen LogP contribution in [0.3, 0.4) is 0 Å². The fraction of sp³-hybridized carbons (Fsp3) is 0.405. The Kier molecular flexibility index (Phi) is 18.4. The number of carboxylic acid groups (broad SMARTS) is 2. The Bertz CT molecular complexity index is 1520. The summed E-state index contributed by atoms with van der Waals surface area (Å²) < 4.78 is 5.44. The number of nitrogens with zero attached hydrogens (tertiary/aromatic N) is 2. The van der Waals surface area contributed by atoms with E-state index in [0.29, 0.717) is 40.1 Å². The number of phenols is 2. The maximum Gasteiger partial charge on any atom is 2.00 e. The molecular formula is C37H48CoN2O7. The van der Waals surface area contributed by atoms with Crippen LogP contribution in [0.4, 0.5) is 11.4 Å². The van der Waals surface area contributed by atoms with Gasteiger partial charge in [-0.3, -0.25) is 9.98 Å². The average Bonchev–Trinajstić information content (AvgIpc) is 2.95. The Labute approximate surface area is 289 Å². The molecule has 3 aromatic carbocycles. The average molecular weight is 692 g/mol. The van der Waals surface area contributed by atoms with Crippen LogP contribution in [0.25, 0.3) is 0 Å². The van der Waals surface area contributed by atoms with Crippen LogP contribution in [-0.4, -0.2) is 41.7 Å². The van der Waals surface area contributed by atoms with Gasteiger partial charge in [0.05, 0.1) is 18.5 Å². The molecule has 47 heavy (non-hydrogen) atoms. The van der Waals surface area contributed by atoms with Crippen LogP contribution >= 0.6 is 0 Å². The van der Waals surface area contributed by atoms with Gasteiger partial charge in [0.1, 0.15) is 17.2 Å². The third-order valence-electron chi connectivity index (χ3n) is 6.83. The van der Waals surface area contributed by atoms with Gasteiger partial charge in [0, 0.05) is 41.6 Å². The van der Waals surface area contributed by atoms with Crippen molar-refractivity contribution in [1.82, 2.24) is 0 Å². The summed E-state index contributed by atoms with van der Waals surface area (Å²) in [4.78, 5) is 27.2. The molecule has 9 nitrogen and oxygen atoms in total. The van der Waals surface area contributed by atoms with E-state index >= 15 is 0 Å². The van der Waals surface area contributed by atoms with Crippen molar-refractivity contribution in [1.29, 1.82) is 0 Å². The maximum absolute atomic E-state index is 11.0. The second-order valence-electron chi connectivity index (χ2n) is 12.1.